The number of para-hydroxylation sites is 1. The Hall–Kier alpha value is -1.06. The van der Waals surface area contributed by atoms with Crippen molar-refractivity contribution in [3.63, 3.8) is 0 Å². The lowest BCUT2D eigenvalue weighted by molar-refractivity contribution is 0.382. The lowest BCUT2D eigenvalue weighted by Gasteiger charge is -2.19. The topological polar surface area (TPSA) is 47.3 Å². The molecule has 0 radical (unpaired) electrons. The minimum atomic E-state index is 0.279. The first kappa shape index (κ1) is 14.4. The molecule has 19 heavy (non-hydrogen) atoms. The Morgan fingerprint density at radius 1 is 1.21 bits per heavy atom. The number of hydrazine groups is 1. The van der Waals surface area contributed by atoms with Gasteiger partial charge in [-0.3, -0.25) is 11.3 Å². The van der Waals surface area contributed by atoms with Crippen LogP contribution in [0.1, 0.15) is 33.3 Å². The predicted molar refractivity (Wildman–Crippen MR) is 78.9 cm³/mol. The average molecular weight is 262 g/mol. The van der Waals surface area contributed by atoms with E-state index in [0.717, 1.165) is 12.2 Å². The van der Waals surface area contributed by atoms with E-state index < -0.39 is 0 Å². The minimum absolute atomic E-state index is 0.279. The van der Waals surface area contributed by atoms with Crippen LogP contribution in [0, 0.1) is 16.7 Å². The molecule has 0 amide bonds. The monoisotopic (exact) mass is 262 g/mol. The Labute approximate surface area is 116 Å². The molecule has 0 saturated heterocycles. The zero-order valence-electron chi connectivity index (χ0n) is 12.7. The summed E-state index contributed by atoms with van der Waals surface area (Å²) < 4.78 is 5.43. The second-order valence-electron chi connectivity index (χ2n) is 6.71. The maximum Gasteiger partial charge on any atom is 0.122 e. The SMILES string of the molecule is COc1ccccc1CC(NN)C1C(C)(C)C1(C)C. The Morgan fingerprint density at radius 3 is 2.26 bits per heavy atom. The molecule has 2 rings (SSSR count). The van der Waals surface area contributed by atoms with E-state index in [9.17, 15) is 0 Å². The van der Waals surface area contributed by atoms with Crippen molar-refractivity contribution in [3.05, 3.63) is 29.8 Å². The quantitative estimate of drug-likeness (QED) is 0.633. The van der Waals surface area contributed by atoms with Gasteiger partial charge in [-0.2, -0.15) is 0 Å². The van der Waals surface area contributed by atoms with Gasteiger partial charge >= 0.3 is 0 Å². The summed E-state index contributed by atoms with van der Waals surface area (Å²) in [6, 6.07) is 8.45. The molecule has 0 aromatic heterocycles. The highest BCUT2D eigenvalue weighted by molar-refractivity contribution is 5.34. The zero-order chi connectivity index (χ0) is 14.3. The molecule has 1 unspecified atom stereocenters. The first-order valence-corrected chi connectivity index (χ1v) is 6.94. The second kappa shape index (κ2) is 4.80. The number of nitrogens with two attached hydrogens (primary N) is 1. The first-order chi connectivity index (χ1) is 8.86. The highest BCUT2D eigenvalue weighted by Crippen LogP contribution is 2.69. The van der Waals surface area contributed by atoms with E-state index in [4.69, 9.17) is 10.6 Å². The number of hydrogen-bond acceptors (Lipinski definition) is 3. The van der Waals surface area contributed by atoms with Gasteiger partial charge in [-0.05, 0) is 34.8 Å². The van der Waals surface area contributed by atoms with Gasteiger partial charge in [0.15, 0.2) is 0 Å². The third-order valence-corrected chi connectivity index (χ3v) is 5.38. The zero-order valence-corrected chi connectivity index (χ0v) is 12.7. The molecule has 0 spiro atoms. The number of benzene rings is 1. The third kappa shape index (κ3) is 2.26. The van der Waals surface area contributed by atoms with Crippen LogP contribution in [0.15, 0.2) is 24.3 Å². The van der Waals surface area contributed by atoms with Gasteiger partial charge in [0.1, 0.15) is 5.75 Å². The molecule has 3 heteroatoms. The molecule has 3 N–H and O–H groups in total. The fraction of sp³-hybridized carbons (Fsp3) is 0.625. The summed E-state index contributed by atoms with van der Waals surface area (Å²) in [5.41, 5.74) is 4.88. The average Bonchev–Trinajstić information content (AvgIpc) is 2.78. The fourth-order valence-corrected chi connectivity index (χ4v) is 3.63. The maximum absolute atomic E-state index is 5.80. The molecular formula is C16H26N2O. The van der Waals surface area contributed by atoms with Crippen LogP contribution in [0.3, 0.4) is 0 Å². The van der Waals surface area contributed by atoms with Gasteiger partial charge in [-0.15, -0.1) is 0 Å². The third-order valence-electron chi connectivity index (χ3n) is 5.38. The smallest absolute Gasteiger partial charge is 0.122 e. The van der Waals surface area contributed by atoms with Crippen molar-refractivity contribution in [2.45, 2.75) is 40.2 Å². The van der Waals surface area contributed by atoms with Gasteiger partial charge in [-0.1, -0.05) is 45.9 Å². The number of hydrogen-bond donors (Lipinski definition) is 2. The minimum Gasteiger partial charge on any atom is -0.496 e. The molecule has 1 saturated carbocycles. The molecule has 1 aromatic carbocycles. The summed E-state index contributed by atoms with van der Waals surface area (Å²) >= 11 is 0. The van der Waals surface area contributed by atoms with Crippen molar-refractivity contribution in [1.29, 1.82) is 0 Å². The van der Waals surface area contributed by atoms with Crippen molar-refractivity contribution in [3.8, 4) is 5.75 Å². The van der Waals surface area contributed by atoms with Gasteiger partial charge in [-0.25, -0.2) is 0 Å². The molecule has 0 aliphatic heterocycles. The van der Waals surface area contributed by atoms with Crippen molar-refractivity contribution < 1.29 is 4.74 Å². The van der Waals surface area contributed by atoms with Crippen LogP contribution in [0.5, 0.6) is 5.75 Å². The highest BCUT2D eigenvalue weighted by atomic mass is 16.5. The normalized spacial score (nSPS) is 22.0. The number of rotatable bonds is 5. The van der Waals surface area contributed by atoms with Gasteiger partial charge in [0.05, 0.1) is 7.11 Å². The molecule has 3 nitrogen and oxygen atoms in total. The summed E-state index contributed by atoms with van der Waals surface area (Å²) in [4.78, 5) is 0. The van der Waals surface area contributed by atoms with E-state index in [1.54, 1.807) is 7.11 Å². The van der Waals surface area contributed by atoms with E-state index >= 15 is 0 Å². The molecule has 0 bridgehead atoms. The van der Waals surface area contributed by atoms with Crippen molar-refractivity contribution >= 4 is 0 Å². The Balaban J connectivity index is 2.17. The first-order valence-electron chi connectivity index (χ1n) is 6.94. The lowest BCUT2D eigenvalue weighted by atomic mass is 9.97. The standard InChI is InChI=1S/C16H26N2O/c1-15(2)14(16(15,3)4)12(18-17)10-11-8-6-7-9-13(11)19-5/h6-9,12,14,18H,10,17H2,1-5H3. The van der Waals surface area contributed by atoms with E-state index in [-0.39, 0.29) is 6.04 Å². The van der Waals surface area contributed by atoms with Crippen LogP contribution < -0.4 is 16.0 Å². The van der Waals surface area contributed by atoms with Crippen molar-refractivity contribution in [1.82, 2.24) is 5.43 Å². The van der Waals surface area contributed by atoms with Crippen LogP contribution in [0.4, 0.5) is 0 Å². The van der Waals surface area contributed by atoms with E-state index in [1.807, 2.05) is 12.1 Å². The van der Waals surface area contributed by atoms with Gasteiger partial charge in [0, 0.05) is 6.04 Å². The Bertz CT molecular complexity index is 440. The predicted octanol–water partition coefficient (Wildman–Crippen LogP) is 2.75. The van der Waals surface area contributed by atoms with Crippen LogP contribution in [0.2, 0.25) is 0 Å². The van der Waals surface area contributed by atoms with Crippen molar-refractivity contribution in [2.24, 2.45) is 22.6 Å². The molecule has 1 aliphatic carbocycles. The molecular weight excluding hydrogens is 236 g/mol. The molecule has 106 valence electrons. The van der Waals surface area contributed by atoms with E-state index in [1.165, 1.54) is 5.56 Å². The summed E-state index contributed by atoms with van der Waals surface area (Å²) in [5, 5.41) is 0. The highest BCUT2D eigenvalue weighted by Gasteiger charge is 2.66. The van der Waals surface area contributed by atoms with Crippen molar-refractivity contribution in [2.75, 3.05) is 7.11 Å². The molecule has 1 fully saturated rings. The summed E-state index contributed by atoms with van der Waals surface area (Å²) in [6.45, 7) is 9.29. The van der Waals surface area contributed by atoms with Crippen LogP contribution in [-0.4, -0.2) is 13.2 Å². The molecule has 0 heterocycles. The number of ether oxygens (including phenoxy) is 1. The van der Waals surface area contributed by atoms with Crippen LogP contribution >= 0.6 is 0 Å². The van der Waals surface area contributed by atoms with Crippen LogP contribution in [-0.2, 0) is 6.42 Å². The number of methoxy groups -OCH3 is 1. The van der Waals surface area contributed by atoms with Gasteiger partial charge in [0.2, 0.25) is 0 Å². The van der Waals surface area contributed by atoms with E-state index in [2.05, 4.69) is 45.3 Å². The van der Waals surface area contributed by atoms with Gasteiger partial charge in [0.25, 0.3) is 0 Å². The lowest BCUT2D eigenvalue weighted by Crippen LogP contribution is -2.40. The molecule has 1 atom stereocenters. The van der Waals surface area contributed by atoms with Gasteiger partial charge < -0.3 is 4.74 Å². The van der Waals surface area contributed by atoms with Crippen LogP contribution in [0.25, 0.3) is 0 Å². The second-order valence-corrected chi connectivity index (χ2v) is 6.71. The molecule has 1 aliphatic rings. The summed E-state index contributed by atoms with van der Waals surface area (Å²) in [7, 11) is 1.72. The van der Waals surface area contributed by atoms with E-state index in [0.29, 0.717) is 16.7 Å². The fourth-order valence-electron chi connectivity index (χ4n) is 3.63. The summed E-state index contributed by atoms with van der Waals surface area (Å²) in [5.74, 6) is 7.33. The summed E-state index contributed by atoms with van der Waals surface area (Å²) in [6.07, 6.45) is 0.901. The Morgan fingerprint density at radius 2 is 1.79 bits per heavy atom. The number of nitrogens with one attached hydrogen (secondary N) is 1. The molecule has 1 aromatic rings. The Kier molecular flexibility index (Phi) is 3.63. The largest absolute Gasteiger partial charge is 0.496 e. The maximum atomic E-state index is 5.80.